The molecule has 0 spiro atoms. The van der Waals surface area contributed by atoms with Gasteiger partial charge in [0.1, 0.15) is 5.69 Å². The van der Waals surface area contributed by atoms with E-state index < -0.39 is 18.0 Å². The molecule has 0 saturated carbocycles. The van der Waals surface area contributed by atoms with Crippen molar-refractivity contribution < 1.29 is 13.6 Å². The van der Waals surface area contributed by atoms with Crippen LogP contribution in [-0.2, 0) is 7.05 Å². The number of rotatable bonds is 3. The Morgan fingerprint density at radius 3 is 2.74 bits per heavy atom. The fraction of sp³-hybridized carbons (Fsp3) is 0.167. The van der Waals surface area contributed by atoms with Crippen molar-refractivity contribution in [2.45, 2.75) is 6.43 Å². The maximum atomic E-state index is 12.8. The smallest absolute Gasteiger partial charge is 0.282 e. The molecule has 0 saturated heterocycles. The van der Waals surface area contributed by atoms with Crippen molar-refractivity contribution in [2.24, 2.45) is 7.05 Å². The zero-order valence-corrected chi connectivity index (χ0v) is 12.1. The molecule has 4 nitrogen and oxygen atoms in total. The lowest BCUT2D eigenvalue weighted by molar-refractivity contribution is 0.101. The molecule has 0 aliphatic heterocycles. The summed E-state index contributed by atoms with van der Waals surface area (Å²) in [6, 6.07) is 7.10. The monoisotopic (exact) mass is 377 g/mol. The largest absolute Gasteiger partial charge is 0.321 e. The van der Waals surface area contributed by atoms with Crippen LogP contribution in [0.2, 0.25) is 0 Å². The molecule has 19 heavy (non-hydrogen) atoms. The van der Waals surface area contributed by atoms with Crippen molar-refractivity contribution in [1.29, 1.82) is 0 Å². The molecular weight excluding hydrogens is 367 g/mol. The lowest BCUT2D eigenvalue weighted by Gasteiger charge is -2.06. The average Bonchev–Trinajstić information content (AvgIpc) is 2.74. The highest BCUT2D eigenvalue weighted by molar-refractivity contribution is 14.1. The summed E-state index contributed by atoms with van der Waals surface area (Å²) in [6.07, 6.45) is -1.50. The third-order valence-electron chi connectivity index (χ3n) is 2.43. The van der Waals surface area contributed by atoms with E-state index in [9.17, 15) is 13.6 Å². The van der Waals surface area contributed by atoms with Gasteiger partial charge < -0.3 is 5.32 Å². The number of hydrogen-bond donors (Lipinski definition) is 1. The van der Waals surface area contributed by atoms with Gasteiger partial charge in [-0.15, -0.1) is 0 Å². The van der Waals surface area contributed by atoms with Gasteiger partial charge in [-0.05, 0) is 34.7 Å². The molecule has 100 valence electrons. The highest BCUT2D eigenvalue weighted by Crippen LogP contribution is 2.23. The summed E-state index contributed by atoms with van der Waals surface area (Å²) in [7, 11) is 1.49. The van der Waals surface area contributed by atoms with E-state index in [0.29, 0.717) is 5.69 Å². The Balaban J connectivity index is 2.28. The van der Waals surface area contributed by atoms with E-state index in [1.165, 1.54) is 17.9 Å². The maximum Gasteiger partial charge on any atom is 0.282 e. The first-order chi connectivity index (χ1) is 8.99. The number of carbonyl (C=O) groups excluding carboxylic acids is 1. The van der Waals surface area contributed by atoms with E-state index in [2.05, 4.69) is 33.0 Å². The predicted octanol–water partition coefficient (Wildman–Crippen LogP) is 3.21. The lowest BCUT2D eigenvalue weighted by Crippen LogP contribution is -2.14. The molecule has 2 aromatic rings. The van der Waals surface area contributed by atoms with Gasteiger partial charge in [-0.1, -0.05) is 12.1 Å². The minimum Gasteiger partial charge on any atom is -0.321 e. The number of halogens is 3. The molecule has 0 radical (unpaired) electrons. The molecule has 1 amide bonds. The fourth-order valence-corrected chi connectivity index (χ4v) is 2.12. The van der Waals surface area contributed by atoms with Crippen molar-refractivity contribution in [3.05, 3.63) is 45.3 Å². The SMILES string of the molecule is Cn1cc(C(=O)Nc2ccccc2I)c(C(F)F)n1. The Morgan fingerprint density at radius 1 is 1.42 bits per heavy atom. The van der Waals surface area contributed by atoms with Gasteiger partial charge >= 0.3 is 0 Å². The first-order valence-electron chi connectivity index (χ1n) is 5.36. The summed E-state index contributed by atoms with van der Waals surface area (Å²) in [5.74, 6) is -0.590. The number of carbonyl (C=O) groups is 1. The topological polar surface area (TPSA) is 46.9 Å². The second kappa shape index (κ2) is 5.64. The van der Waals surface area contributed by atoms with Crippen molar-refractivity contribution in [3.63, 3.8) is 0 Å². The van der Waals surface area contributed by atoms with E-state index in [1.54, 1.807) is 12.1 Å². The minimum atomic E-state index is -2.78. The second-order valence-corrected chi connectivity index (χ2v) is 5.00. The molecule has 2 rings (SSSR count). The molecule has 1 heterocycles. The van der Waals surface area contributed by atoms with E-state index >= 15 is 0 Å². The standard InChI is InChI=1S/C12H10F2IN3O/c1-18-6-7(10(17-18)11(13)14)12(19)16-9-5-3-2-4-8(9)15/h2-6,11H,1H3,(H,16,19). The van der Waals surface area contributed by atoms with Crippen LogP contribution >= 0.6 is 22.6 Å². The number of anilines is 1. The molecule has 1 aromatic heterocycles. The number of amides is 1. The van der Waals surface area contributed by atoms with Gasteiger partial charge in [-0.2, -0.15) is 5.10 Å². The van der Waals surface area contributed by atoms with Crippen LogP contribution in [0, 0.1) is 3.57 Å². The Bertz CT molecular complexity index is 613. The number of nitrogens with zero attached hydrogens (tertiary/aromatic N) is 2. The summed E-state index contributed by atoms with van der Waals surface area (Å²) in [6.45, 7) is 0. The van der Waals surface area contributed by atoms with Gasteiger partial charge in [0.05, 0.1) is 11.3 Å². The normalized spacial score (nSPS) is 10.8. The van der Waals surface area contributed by atoms with Crippen molar-refractivity contribution in [1.82, 2.24) is 9.78 Å². The van der Waals surface area contributed by atoms with Crippen LogP contribution in [0.3, 0.4) is 0 Å². The van der Waals surface area contributed by atoms with Crippen LogP contribution in [0.4, 0.5) is 14.5 Å². The molecule has 1 N–H and O–H groups in total. The summed E-state index contributed by atoms with van der Waals surface area (Å²) < 4.78 is 27.6. The van der Waals surface area contributed by atoms with Crippen LogP contribution in [0.15, 0.2) is 30.5 Å². The number of para-hydroxylation sites is 1. The van der Waals surface area contributed by atoms with Gasteiger partial charge in [0.2, 0.25) is 0 Å². The predicted molar refractivity (Wildman–Crippen MR) is 75.3 cm³/mol. The third kappa shape index (κ3) is 3.09. The molecule has 1 aromatic carbocycles. The lowest BCUT2D eigenvalue weighted by atomic mass is 10.2. The molecule has 0 unspecified atom stereocenters. The van der Waals surface area contributed by atoms with Crippen molar-refractivity contribution >= 4 is 34.2 Å². The Morgan fingerprint density at radius 2 is 2.11 bits per heavy atom. The number of benzene rings is 1. The summed E-state index contributed by atoms with van der Waals surface area (Å²) in [4.78, 5) is 12.0. The van der Waals surface area contributed by atoms with Gasteiger partial charge in [0, 0.05) is 16.8 Å². The van der Waals surface area contributed by atoms with E-state index in [0.717, 1.165) is 3.57 Å². The second-order valence-electron chi connectivity index (χ2n) is 3.84. The molecule has 0 atom stereocenters. The Kier molecular flexibility index (Phi) is 4.13. The number of aromatic nitrogens is 2. The summed E-state index contributed by atoms with van der Waals surface area (Å²) in [5.41, 5.74) is -0.0414. The van der Waals surface area contributed by atoms with Gasteiger partial charge in [-0.25, -0.2) is 8.78 Å². The molecule has 0 aliphatic rings. The molecular formula is C12H10F2IN3O. The van der Waals surface area contributed by atoms with E-state index in [4.69, 9.17) is 0 Å². The third-order valence-corrected chi connectivity index (χ3v) is 3.37. The van der Waals surface area contributed by atoms with Crippen molar-refractivity contribution in [2.75, 3.05) is 5.32 Å². The molecule has 0 bridgehead atoms. The zero-order chi connectivity index (χ0) is 14.0. The van der Waals surface area contributed by atoms with Crippen LogP contribution in [0.5, 0.6) is 0 Å². The number of nitrogens with one attached hydrogen (secondary N) is 1. The van der Waals surface area contributed by atoms with Crippen LogP contribution < -0.4 is 5.32 Å². The quantitative estimate of drug-likeness (QED) is 0.836. The fourth-order valence-electron chi connectivity index (χ4n) is 1.59. The number of hydrogen-bond acceptors (Lipinski definition) is 2. The molecule has 0 aliphatic carbocycles. The van der Waals surface area contributed by atoms with Crippen molar-refractivity contribution in [3.8, 4) is 0 Å². The van der Waals surface area contributed by atoms with Gasteiger partial charge in [0.25, 0.3) is 12.3 Å². The van der Waals surface area contributed by atoms with Gasteiger partial charge in [-0.3, -0.25) is 9.48 Å². The molecule has 0 fully saturated rings. The maximum absolute atomic E-state index is 12.8. The minimum absolute atomic E-state index is 0.114. The average molecular weight is 377 g/mol. The van der Waals surface area contributed by atoms with Crippen LogP contribution in [-0.4, -0.2) is 15.7 Å². The highest BCUT2D eigenvalue weighted by Gasteiger charge is 2.22. The summed E-state index contributed by atoms with van der Waals surface area (Å²) >= 11 is 2.06. The van der Waals surface area contributed by atoms with Crippen LogP contribution in [0.1, 0.15) is 22.5 Å². The first kappa shape index (κ1) is 13.9. The first-order valence-corrected chi connectivity index (χ1v) is 6.44. The Hall–Kier alpha value is -1.51. The highest BCUT2D eigenvalue weighted by atomic mass is 127. The zero-order valence-electron chi connectivity index (χ0n) is 9.90. The summed E-state index contributed by atoms with van der Waals surface area (Å²) in [5, 5.41) is 6.20. The number of aryl methyl sites for hydroxylation is 1. The molecule has 7 heteroatoms. The van der Waals surface area contributed by atoms with E-state index in [1.807, 2.05) is 12.1 Å². The Labute approximate surface area is 121 Å². The number of alkyl halides is 2. The van der Waals surface area contributed by atoms with Gasteiger partial charge in [0.15, 0.2) is 0 Å². The van der Waals surface area contributed by atoms with Crippen LogP contribution in [0.25, 0.3) is 0 Å². The van der Waals surface area contributed by atoms with E-state index in [-0.39, 0.29) is 5.56 Å².